The lowest BCUT2D eigenvalue weighted by atomic mass is 10.3. The van der Waals surface area contributed by atoms with E-state index in [0.717, 1.165) is 4.68 Å². The van der Waals surface area contributed by atoms with E-state index in [0.29, 0.717) is 5.02 Å². The summed E-state index contributed by atoms with van der Waals surface area (Å²) in [4.78, 5) is 22.6. The highest BCUT2D eigenvalue weighted by Gasteiger charge is 2.25. The zero-order valence-electron chi connectivity index (χ0n) is 16.7. The van der Waals surface area contributed by atoms with Crippen molar-refractivity contribution in [3.63, 3.8) is 0 Å². The van der Waals surface area contributed by atoms with Crippen molar-refractivity contribution in [1.29, 1.82) is 0 Å². The molecule has 0 aliphatic rings. The lowest BCUT2D eigenvalue weighted by Gasteiger charge is -2.11. The summed E-state index contributed by atoms with van der Waals surface area (Å²) in [6.07, 6.45) is 0. The Labute approximate surface area is 192 Å². The summed E-state index contributed by atoms with van der Waals surface area (Å²) < 4.78 is 32.2. The lowest BCUT2D eigenvalue weighted by molar-refractivity contribution is -0.389. The van der Waals surface area contributed by atoms with Crippen LogP contribution in [0.25, 0.3) is 0 Å². The van der Waals surface area contributed by atoms with Crippen LogP contribution in [0, 0.1) is 17.0 Å². The molecule has 3 rings (SSSR count). The number of nitro groups is 1. The molecule has 13 heteroatoms. The predicted molar refractivity (Wildman–Crippen MR) is 117 cm³/mol. The Hall–Kier alpha value is -3.15. The number of amides is 1. The number of halogens is 2. The minimum absolute atomic E-state index is 0.0153. The summed E-state index contributed by atoms with van der Waals surface area (Å²) >= 11 is 11.7. The minimum Gasteiger partial charge on any atom is -0.497 e. The molecular formula is C19H16Cl2N4O6S. The van der Waals surface area contributed by atoms with Crippen molar-refractivity contribution < 1.29 is 22.9 Å². The van der Waals surface area contributed by atoms with Crippen molar-refractivity contribution in [2.45, 2.75) is 23.3 Å². The number of carbonyl (C=O) groups excluding carboxylic acids is 1. The number of rotatable bonds is 7. The fourth-order valence-corrected chi connectivity index (χ4v) is 4.43. The molecule has 0 fully saturated rings. The van der Waals surface area contributed by atoms with Crippen molar-refractivity contribution in [2.24, 2.45) is 0 Å². The van der Waals surface area contributed by atoms with Gasteiger partial charge in [-0.3, -0.25) is 4.79 Å². The molecule has 1 amide bonds. The zero-order chi connectivity index (χ0) is 23.6. The first kappa shape index (κ1) is 23.5. The summed E-state index contributed by atoms with van der Waals surface area (Å²) in [7, 11) is -2.57. The summed E-state index contributed by atoms with van der Waals surface area (Å²) in [5.41, 5.74) is 0.387. The molecule has 0 aliphatic heterocycles. The molecule has 0 radical (unpaired) electrons. The van der Waals surface area contributed by atoms with E-state index >= 15 is 0 Å². The quantitative estimate of drug-likeness (QED) is 0.385. The molecule has 168 valence electrons. The van der Waals surface area contributed by atoms with Gasteiger partial charge in [-0.05, 0) is 48.2 Å². The van der Waals surface area contributed by atoms with Crippen LogP contribution in [-0.4, -0.2) is 36.1 Å². The van der Waals surface area contributed by atoms with Crippen LogP contribution in [0.5, 0.6) is 5.75 Å². The van der Waals surface area contributed by atoms with Crippen molar-refractivity contribution in [3.05, 3.63) is 68.3 Å². The standard InChI is InChI=1S/C19H16Cl2N4O6S/c1-11-18(21)19(25(27)28)23-24(11)10-17(26)22-13-7-14(31-2)9-16(8-13)32(29,30)15-5-3-12(20)4-6-15/h3-9H,10H2,1-2H3,(H,22,26). The van der Waals surface area contributed by atoms with Gasteiger partial charge in [-0.1, -0.05) is 23.2 Å². The third-order valence-electron chi connectivity index (χ3n) is 4.42. The van der Waals surface area contributed by atoms with Crippen LogP contribution in [0.1, 0.15) is 5.69 Å². The van der Waals surface area contributed by atoms with Crippen LogP contribution in [-0.2, 0) is 21.2 Å². The van der Waals surface area contributed by atoms with Gasteiger partial charge >= 0.3 is 5.82 Å². The number of ether oxygens (including phenoxy) is 1. The molecule has 3 aromatic rings. The molecule has 0 atom stereocenters. The third kappa shape index (κ3) is 4.85. The Balaban J connectivity index is 1.89. The Kier molecular flexibility index (Phi) is 6.72. The van der Waals surface area contributed by atoms with Crippen LogP contribution in [0.3, 0.4) is 0 Å². The first-order chi connectivity index (χ1) is 15.0. The molecule has 1 aromatic heterocycles. The summed E-state index contributed by atoms with van der Waals surface area (Å²) in [6, 6.07) is 9.67. The van der Waals surface area contributed by atoms with Gasteiger partial charge in [0, 0.05) is 16.8 Å². The Bertz CT molecular complexity index is 1310. The molecule has 0 saturated heterocycles. The van der Waals surface area contributed by atoms with Crippen LogP contribution < -0.4 is 10.1 Å². The van der Waals surface area contributed by atoms with E-state index in [1.807, 2.05) is 0 Å². The van der Waals surface area contributed by atoms with Gasteiger partial charge in [-0.15, -0.1) is 0 Å². The second-order valence-electron chi connectivity index (χ2n) is 6.54. The van der Waals surface area contributed by atoms with E-state index in [1.165, 1.54) is 56.5 Å². The number of carbonyl (C=O) groups is 1. The monoisotopic (exact) mass is 498 g/mol. The largest absolute Gasteiger partial charge is 0.497 e. The molecule has 0 aliphatic carbocycles. The van der Waals surface area contributed by atoms with E-state index < -0.39 is 26.5 Å². The number of anilines is 1. The molecule has 0 saturated carbocycles. The fourth-order valence-electron chi connectivity index (χ4n) is 2.78. The van der Waals surface area contributed by atoms with Gasteiger partial charge in [-0.2, -0.15) is 4.68 Å². The second kappa shape index (κ2) is 9.15. The summed E-state index contributed by atoms with van der Waals surface area (Å²) in [5, 5.41) is 17.5. The van der Waals surface area contributed by atoms with Crippen molar-refractivity contribution in [3.8, 4) is 5.75 Å². The second-order valence-corrected chi connectivity index (χ2v) is 9.30. The molecule has 0 bridgehead atoms. The van der Waals surface area contributed by atoms with E-state index in [1.54, 1.807) is 0 Å². The maximum Gasteiger partial charge on any atom is 0.408 e. The fraction of sp³-hybridized carbons (Fsp3) is 0.158. The number of hydrogen-bond acceptors (Lipinski definition) is 7. The first-order valence-corrected chi connectivity index (χ1v) is 11.1. The van der Waals surface area contributed by atoms with Gasteiger partial charge in [-0.25, -0.2) is 8.42 Å². The number of sulfone groups is 1. The van der Waals surface area contributed by atoms with Gasteiger partial charge in [0.2, 0.25) is 15.7 Å². The van der Waals surface area contributed by atoms with E-state index in [-0.39, 0.29) is 38.5 Å². The highest BCUT2D eigenvalue weighted by molar-refractivity contribution is 7.91. The summed E-state index contributed by atoms with van der Waals surface area (Å²) in [6.45, 7) is 1.10. The number of hydrogen-bond donors (Lipinski definition) is 1. The summed E-state index contributed by atoms with van der Waals surface area (Å²) in [5.74, 6) is -0.968. The van der Waals surface area contributed by atoms with Crippen molar-refractivity contribution >= 4 is 50.5 Å². The Morgan fingerprint density at radius 1 is 1.19 bits per heavy atom. The number of nitrogens with zero attached hydrogens (tertiary/aromatic N) is 3. The van der Waals surface area contributed by atoms with Gasteiger partial charge < -0.3 is 20.2 Å². The van der Waals surface area contributed by atoms with Gasteiger partial charge in [0.05, 0.1) is 27.7 Å². The van der Waals surface area contributed by atoms with E-state index in [9.17, 15) is 23.3 Å². The van der Waals surface area contributed by atoms with Crippen LogP contribution in [0.15, 0.2) is 52.3 Å². The first-order valence-electron chi connectivity index (χ1n) is 8.90. The Morgan fingerprint density at radius 2 is 1.84 bits per heavy atom. The van der Waals surface area contributed by atoms with Crippen LogP contribution in [0.4, 0.5) is 11.5 Å². The average Bonchev–Trinajstić information content (AvgIpc) is 3.02. The zero-order valence-corrected chi connectivity index (χ0v) is 19.0. The van der Waals surface area contributed by atoms with Crippen LogP contribution in [0.2, 0.25) is 10.0 Å². The average molecular weight is 499 g/mol. The smallest absolute Gasteiger partial charge is 0.408 e. The highest BCUT2D eigenvalue weighted by Crippen LogP contribution is 2.30. The molecule has 32 heavy (non-hydrogen) atoms. The highest BCUT2D eigenvalue weighted by atomic mass is 35.5. The maximum absolute atomic E-state index is 13.0. The topological polar surface area (TPSA) is 133 Å². The van der Waals surface area contributed by atoms with E-state index in [4.69, 9.17) is 27.9 Å². The Morgan fingerprint density at radius 3 is 2.41 bits per heavy atom. The minimum atomic E-state index is -3.92. The lowest BCUT2D eigenvalue weighted by Crippen LogP contribution is -2.20. The van der Waals surface area contributed by atoms with E-state index in [2.05, 4.69) is 10.4 Å². The number of benzene rings is 2. The molecule has 0 unspecified atom stereocenters. The SMILES string of the molecule is COc1cc(NC(=O)Cn2nc([N+](=O)[O-])c(Cl)c2C)cc(S(=O)(=O)c2ccc(Cl)cc2)c1. The van der Waals surface area contributed by atoms with Gasteiger partial charge in [0.25, 0.3) is 0 Å². The molecule has 0 spiro atoms. The van der Waals surface area contributed by atoms with Gasteiger partial charge in [0.1, 0.15) is 12.3 Å². The predicted octanol–water partition coefficient (Wildman–Crippen LogP) is 3.89. The third-order valence-corrected chi connectivity index (χ3v) is 6.86. The van der Waals surface area contributed by atoms with Crippen molar-refractivity contribution in [2.75, 3.05) is 12.4 Å². The van der Waals surface area contributed by atoms with Gasteiger partial charge in [0.15, 0.2) is 5.02 Å². The maximum atomic E-state index is 13.0. The molecule has 10 nitrogen and oxygen atoms in total. The molecule has 1 heterocycles. The molecule has 1 N–H and O–H groups in total. The molecular weight excluding hydrogens is 483 g/mol. The number of nitrogens with one attached hydrogen (secondary N) is 1. The number of methoxy groups -OCH3 is 1. The normalized spacial score (nSPS) is 11.2. The van der Waals surface area contributed by atoms with Crippen molar-refractivity contribution in [1.82, 2.24) is 9.78 Å². The van der Waals surface area contributed by atoms with Crippen LogP contribution >= 0.6 is 23.2 Å². The molecule has 2 aromatic carbocycles. The number of aromatic nitrogens is 2.